The average Bonchev–Trinajstić information content (AvgIpc) is 2.57. The number of nitrogens with zero attached hydrogens (tertiary/aromatic N) is 2. The van der Waals surface area contributed by atoms with Crippen LogP contribution in [0.5, 0.6) is 0 Å². The Morgan fingerprint density at radius 3 is 2.77 bits per heavy atom. The molecule has 26 heavy (non-hydrogen) atoms. The molecule has 7 heteroatoms. The fourth-order valence-corrected chi connectivity index (χ4v) is 2.64. The number of esters is 1. The van der Waals surface area contributed by atoms with E-state index in [0.717, 1.165) is 5.69 Å². The smallest absolute Gasteiger partial charge is 0.342 e. The van der Waals surface area contributed by atoms with Crippen molar-refractivity contribution < 1.29 is 13.9 Å². The molecule has 1 aromatic carbocycles. The number of nitrogens with one attached hydrogen (secondary N) is 1. The van der Waals surface area contributed by atoms with Gasteiger partial charge in [0.2, 0.25) is 0 Å². The summed E-state index contributed by atoms with van der Waals surface area (Å²) in [5, 5.41) is 3.90. The van der Waals surface area contributed by atoms with Gasteiger partial charge in [-0.1, -0.05) is 11.6 Å². The Hall–Kier alpha value is -2.73. The Labute approximate surface area is 155 Å². The largest absolute Gasteiger partial charge is 0.459 e. The Balaban J connectivity index is 2.18. The number of hydrogen-bond donors (Lipinski definition) is 1. The van der Waals surface area contributed by atoms with Crippen molar-refractivity contribution in [2.45, 2.75) is 26.9 Å². The standard InChI is InChI=1S/C19H17ClFN3O2/c1-10(2)26-19(25)14-9-22-18-13(6-4-11(3)23-18)17(14)24-16-8-12(20)5-7-15(16)21/h4-10H,1-3H3,(H,22,23,24). The highest BCUT2D eigenvalue weighted by molar-refractivity contribution is 6.30. The summed E-state index contributed by atoms with van der Waals surface area (Å²) in [6.07, 6.45) is 1.08. The zero-order valence-electron chi connectivity index (χ0n) is 14.5. The second-order valence-electron chi connectivity index (χ2n) is 6.07. The number of rotatable bonds is 4. The van der Waals surface area contributed by atoms with Crippen molar-refractivity contribution in [2.75, 3.05) is 5.32 Å². The van der Waals surface area contributed by atoms with Crippen LogP contribution in [-0.2, 0) is 4.74 Å². The SMILES string of the molecule is Cc1ccc2c(Nc3cc(Cl)ccc3F)c(C(=O)OC(C)C)cnc2n1. The summed E-state index contributed by atoms with van der Waals surface area (Å²) < 4.78 is 19.5. The van der Waals surface area contributed by atoms with Crippen LogP contribution in [0.25, 0.3) is 11.0 Å². The molecule has 0 saturated heterocycles. The van der Waals surface area contributed by atoms with Gasteiger partial charge in [-0.05, 0) is 51.1 Å². The fraction of sp³-hybridized carbons (Fsp3) is 0.211. The molecule has 2 heterocycles. The van der Waals surface area contributed by atoms with Gasteiger partial charge in [0.05, 0.1) is 17.5 Å². The minimum absolute atomic E-state index is 0.143. The third-order valence-corrected chi connectivity index (χ3v) is 3.85. The van der Waals surface area contributed by atoms with E-state index in [1.807, 2.05) is 6.92 Å². The van der Waals surface area contributed by atoms with Gasteiger partial charge in [-0.15, -0.1) is 0 Å². The summed E-state index contributed by atoms with van der Waals surface area (Å²) in [5.41, 5.74) is 1.92. The topological polar surface area (TPSA) is 64.1 Å². The number of benzene rings is 1. The number of aromatic nitrogens is 2. The fourth-order valence-electron chi connectivity index (χ4n) is 2.47. The van der Waals surface area contributed by atoms with E-state index in [0.29, 0.717) is 21.7 Å². The van der Waals surface area contributed by atoms with Gasteiger partial charge in [0.1, 0.15) is 11.4 Å². The predicted molar refractivity (Wildman–Crippen MR) is 99.5 cm³/mol. The maximum Gasteiger partial charge on any atom is 0.342 e. The van der Waals surface area contributed by atoms with Crippen molar-refractivity contribution in [3.8, 4) is 0 Å². The second kappa shape index (κ2) is 7.25. The van der Waals surface area contributed by atoms with Gasteiger partial charge in [-0.3, -0.25) is 0 Å². The summed E-state index contributed by atoms with van der Waals surface area (Å²) in [6.45, 7) is 5.34. The van der Waals surface area contributed by atoms with Crippen LogP contribution in [0, 0.1) is 12.7 Å². The van der Waals surface area contributed by atoms with Crippen LogP contribution in [0.3, 0.4) is 0 Å². The van der Waals surface area contributed by atoms with Crippen LogP contribution in [0.2, 0.25) is 5.02 Å². The third kappa shape index (κ3) is 3.75. The number of halogens is 2. The van der Waals surface area contributed by atoms with Crippen LogP contribution in [0.15, 0.2) is 36.5 Å². The third-order valence-electron chi connectivity index (χ3n) is 3.62. The van der Waals surface area contributed by atoms with E-state index in [-0.39, 0.29) is 17.4 Å². The molecule has 134 valence electrons. The number of hydrogen-bond acceptors (Lipinski definition) is 5. The average molecular weight is 374 g/mol. The van der Waals surface area contributed by atoms with E-state index in [9.17, 15) is 9.18 Å². The molecule has 0 bridgehead atoms. The number of aryl methyl sites for hydroxylation is 1. The molecule has 1 N–H and O–H groups in total. The van der Waals surface area contributed by atoms with Crippen molar-refractivity contribution in [2.24, 2.45) is 0 Å². The van der Waals surface area contributed by atoms with Crippen LogP contribution in [0.4, 0.5) is 15.8 Å². The first-order valence-corrected chi connectivity index (χ1v) is 8.42. The van der Waals surface area contributed by atoms with E-state index < -0.39 is 11.8 Å². The molecule has 0 aliphatic carbocycles. The zero-order chi connectivity index (χ0) is 18.8. The summed E-state index contributed by atoms with van der Waals surface area (Å²) in [5.74, 6) is -1.05. The first kappa shape index (κ1) is 18.1. The summed E-state index contributed by atoms with van der Waals surface area (Å²) >= 11 is 5.97. The Morgan fingerprint density at radius 2 is 2.04 bits per heavy atom. The molecule has 0 atom stereocenters. The number of carbonyl (C=O) groups is 1. The Bertz CT molecular complexity index is 992. The maximum atomic E-state index is 14.2. The lowest BCUT2D eigenvalue weighted by Gasteiger charge is -2.16. The number of carbonyl (C=O) groups excluding carboxylic acids is 1. The minimum atomic E-state index is -0.556. The second-order valence-corrected chi connectivity index (χ2v) is 6.51. The van der Waals surface area contributed by atoms with Gasteiger partial charge in [0, 0.05) is 22.3 Å². The molecule has 3 rings (SSSR count). The lowest BCUT2D eigenvalue weighted by Crippen LogP contribution is -2.14. The lowest BCUT2D eigenvalue weighted by atomic mass is 10.1. The molecule has 2 aromatic heterocycles. The van der Waals surface area contributed by atoms with E-state index in [1.165, 1.54) is 24.4 Å². The normalized spacial score (nSPS) is 11.0. The molecule has 0 saturated carbocycles. The summed E-state index contributed by atoms with van der Waals surface area (Å²) in [7, 11) is 0. The quantitative estimate of drug-likeness (QED) is 0.649. The molecular formula is C19H17ClFN3O2. The lowest BCUT2D eigenvalue weighted by molar-refractivity contribution is 0.0379. The zero-order valence-corrected chi connectivity index (χ0v) is 15.3. The van der Waals surface area contributed by atoms with Gasteiger partial charge >= 0.3 is 5.97 Å². The van der Waals surface area contributed by atoms with E-state index in [1.54, 1.807) is 26.0 Å². The van der Waals surface area contributed by atoms with Gasteiger partial charge < -0.3 is 10.1 Å². The van der Waals surface area contributed by atoms with Gasteiger partial charge in [-0.2, -0.15) is 0 Å². The molecule has 3 aromatic rings. The first-order chi connectivity index (χ1) is 12.3. The van der Waals surface area contributed by atoms with Gasteiger partial charge in [0.25, 0.3) is 0 Å². The maximum absolute atomic E-state index is 14.2. The van der Waals surface area contributed by atoms with Crippen molar-refractivity contribution in [1.29, 1.82) is 0 Å². The molecule has 0 spiro atoms. The van der Waals surface area contributed by atoms with E-state index >= 15 is 0 Å². The molecule has 0 amide bonds. The van der Waals surface area contributed by atoms with Crippen LogP contribution in [-0.4, -0.2) is 22.0 Å². The van der Waals surface area contributed by atoms with Crippen molar-refractivity contribution in [1.82, 2.24) is 9.97 Å². The van der Waals surface area contributed by atoms with E-state index in [4.69, 9.17) is 16.3 Å². The molecule has 0 fully saturated rings. The highest BCUT2D eigenvalue weighted by Crippen LogP contribution is 2.31. The van der Waals surface area contributed by atoms with Crippen LogP contribution in [0.1, 0.15) is 29.9 Å². The number of anilines is 2. The number of fused-ring (bicyclic) bond motifs is 1. The van der Waals surface area contributed by atoms with Crippen molar-refractivity contribution in [3.05, 3.63) is 58.6 Å². The molecule has 0 aliphatic rings. The van der Waals surface area contributed by atoms with Gasteiger partial charge in [-0.25, -0.2) is 19.2 Å². The molecule has 0 unspecified atom stereocenters. The summed E-state index contributed by atoms with van der Waals surface area (Å²) in [6, 6.07) is 7.72. The molecule has 0 radical (unpaired) electrons. The molecule has 0 aliphatic heterocycles. The highest BCUT2D eigenvalue weighted by Gasteiger charge is 2.20. The number of ether oxygens (including phenoxy) is 1. The predicted octanol–water partition coefficient (Wildman–Crippen LogP) is 5.04. The Morgan fingerprint density at radius 1 is 1.27 bits per heavy atom. The van der Waals surface area contributed by atoms with Crippen molar-refractivity contribution in [3.63, 3.8) is 0 Å². The summed E-state index contributed by atoms with van der Waals surface area (Å²) in [4.78, 5) is 21.1. The highest BCUT2D eigenvalue weighted by atomic mass is 35.5. The molecule has 5 nitrogen and oxygen atoms in total. The van der Waals surface area contributed by atoms with Crippen LogP contribution >= 0.6 is 11.6 Å². The van der Waals surface area contributed by atoms with Gasteiger partial charge in [0.15, 0.2) is 5.65 Å². The Kier molecular flexibility index (Phi) is 5.04. The first-order valence-electron chi connectivity index (χ1n) is 8.04. The van der Waals surface area contributed by atoms with E-state index in [2.05, 4.69) is 15.3 Å². The molecular weight excluding hydrogens is 357 g/mol. The van der Waals surface area contributed by atoms with Crippen LogP contribution < -0.4 is 5.32 Å². The number of pyridine rings is 2. The monoisotopic (exact) mass is 373 g/mol. The minimum Gasteiger partial charge on any atom is -0.459 e. The van der Waals surface area contributed by atoms with Crippen molar-refractivity contribution >= 4 is 40.0 Å².